The molecule has 1 aromatic heterocycles. The van der Waals surface area contributed by atoms with Gasteiger partial charge in [-0.3, -0.25) is 9.48 Å². The number of nitrogens with zero attached hydrogens (tertiary/aromatic N) is 2. The molecule has 0 spiro atoms. The smallest absolute Gasteiger partial charge is 0.269 e. The van der Waals surface area contributed by atoms with Crippen LogP contribution in [0.4, 0.5) is 0 Å². The molecule has 1 fully saturated rings. The summed E-state index contributed by atoms with van der Waals surface area (Å²) in [4.78, 5) is 11.2. The molecular formula is C13H21N3O3. The molecule has 1 aliphatic rings. The highest BCUT2D eigenvalue weighted by Crippen LogP contribution is 2.20. The van der Waals surface area contributed by atoms with Gasteiger partial charge in [-0.15, -0.1) is 0 Å². The first kappa shape index (κ1) is 14.0. The summed E-state index contributed by atoms with van der Waals surface area (Å²) in [5, 5.41) is 4.24. The Kier molecular flexibility index (Phi) is 4.93. The minimum atomic E-state index is -0.482. The van der Waals surface area contributed by atoms with Crippen LogP contribution in [0.1, 0.15) is 29.0 Å². The van der Waals surface area contributed by atoms with Crippen LogP contribution in [0.5, 0.6) is 0 Å². The van der Waals surface area contributed by atoms with Crippen LogP contribution >= 0.6 is 0 Å². The number of nitrogens with two attached hydrogens (primary N) is 1. The van der Waals surface area contributed by atoms with Crippen LogP contribution in [-0.2, 0) is 22.4 Å². The fraction of sp³-hybridized carbons (Fsp3) is 0.692. The van der Waals surface area contributed by atoms with E-state index in [4.69, 9.17) is 15.2 Å². The van der Waals surface area contributed by atoms with Crippen LogP contribution in [0.2, 0.25) is 0 Å². The number of primary amides is 1. The lowest BCUT2D eigenvalue weighted by atomic mass is 9.95. The minimum absolute atomic E-state index is 0.332. The van der Waals surface area contributed by atoms with E-state index in [1.807, 2.05) is 4.68 Å². The maximum atomic E-state index is 11.2. The first-order chi connectivity index (χ1) is 9.20. The molecule has 2 heterocycles. The van der Waals surface area contributed by atoms with E-state index < -0.39 is 5.91 Å². The Bertz CT molecular complexity index is 425. The van der Waals surface area contributed by atoms with Crippen molar-refractivity contribution in [1.82, 2.24) is 9.78 Å². The zero-order valence-corrected chi connectivity index (χ0v) is 11.3. The van der Waals surface area contributed by atoms with Crippen LogP contribution in [-0.4, -0.2) is 42.6 Å². The Balaban J connectivity index is 2.08. The zero-order chi connectivity index (χ0) is 13.7. The van der Waals surface area contributed by atoms with Gasteiger partial charge in [0.25, 0.3) is 5.91 Å². The van der Waals surface area contributed by atoms with Crippen molar-refractivity contribution >= 4 is 5.91 Å². The van der Waals surface area contributed by atoms with Crippen LogP contribution in [0.3, 0.4) is 0 Å². The van der Waals surface area contributed by atoms with E-state index in [1.165, 1.54) is 0 Å². The van der Waals surface area contributed by atoms with E-state index in [0.717, 1.165) is 38.2 Å². The summed E-state index contributed by atoms with van der Waals surface area (Å²) in [6.07, 6.45) is 3.02. The van der Waals surface area contributed by atoms with Gasteiger partial charge in [0.1, 0.15) is 5.69 Å². The van der Waals surface area contributed by atoms with Gasteiger partial charge in [-0.05, 0) is 31.2 Å². The van der Waals surface area contributed by atoms with Crippen molar-refractivity contribution in [3.8, 4) is 0 Å². The predicted molar refractivity (Wildman–Crippen MR) is 69.9 cm³/mol. The van der Waals surface area contributed by atoms with Gasteiger partial charge in [0.15, 0.2) is 0 Å². The van der Waals surface area contributed by atoms with Crippen molar-refractivity contribution < 1.29 is 14.3 Å². The van der Waals surface area contributed by atoms with E-state index in [-0.39, 0.29) is 0 Å². The van der Waals surface area contributed by atoms with Crippen LogP contribution < -0.4 is 5.73 Å². The number of rotatable bonds is 6. The Morgan fingerprint density at radius 3 is 2.95 bits per heavy atom. The second kappa shape index (κ2) is 6.68. The maximum Gasteiger partial charge on any atom is 0.269 e. The number of aromatic nitrogens is 2. The molecule has 1 aromatic rings. The molecule has 6 nitrogen and oxygen atoms in total. The van der Waals surface area contributed by atoms with E-state index in [2.05, 4.69) is 5.10 Å². The quantitative estimate of drug-likeness (QED) is 0.818. The lowest BCUT2D eigenvalue weighted by molar-refractivity contribution is 0.0658. The van der Waals surface area contributed by atoms with E-state index in [9.17, 15) is 4.79 Å². The lowest BCUT2D eigenvalue weighted by Gasteiger charge is -2.22. The van der Waals surface area contributed by atoms with Gasteiger partial charge in [0.05, 0.1) is 13.2 Å². The fourth-order valence-corrected chi connectivity index (χ4v) is 2.36. The average Bonchev–Trinajstić information content (AvgIpc) is 2.81. The van der Waals surface area contributed by atoms with Gasteiger partial charge in [-0.1, -0.05) is 0 Å². The molecule has 2 rings (SSSR count). The van der Waals surface area contributed by atoms with E-state index >= 15 is 0 Å². The normalized spacial score (nSPS) is 16.7. The number of hydrogen-bond donors (Lipinski definition) is 1. The molecule has 1 amide bonds. The maximum absolute atomic E-state index is 11.2. The molecule has 0 saturated carbocycles. The first-order valence-corrected chi connectivity index (χ1v) is 6.64. The van der Waals surface area contributed by atoms with Gasteiger partial charge >= 0.3 is 0 Å². The van der Waals surface area contributed by atoms with Gasteiger partial charge in [0, 0.05) is 26.0 Å². The third-order valence-corrected chi connectivity index (χ3v) is 3.46. The van der Waals surface area contributed by atoms with E-state index in [0.29, 0.717) is 24.8 Å². The molecule has 1 saturated heterocycles. The van der Waals surface area contributed by atoms with Gasteiger partial charge in [-0.25, -0.2) is 0 Å². The Morgan fingerprint density at radius 1 is 1.58 bits per heavy atom. The summed E-state index contributed by atoms with van der Waals surface area (Å²) in [6.45, 7) is 2.85. The van der Waals surface area contributed by atoms with Crippen molar-refractivity contribution in [3.05, 3.63) is 17.5 Å². The number of methoxy groups -OCH3 is 1. The van der Waals surface area contributed by atoms with Crippen molar-refractivity contribution in [2.45, 2.75) is 25.8 Å². The number of carbonyl (C=O) groups is 1. The minimum Gasteiger partial charge on any atom is -0.383 e. The van der Waals surface area contributed by atoms with Crippen LogP contribution in [0, 0.1) is 5.92 Å². The largest absolute Gasteiger partial charge is 0.383 e. The fourth-order valence-electron chi connectivity index (χ4n) is 2.36. The summed E-state index contributed by atoms with van der Waals surface area (Å²) >= 11 is 0. The Labute approximate surface area is 112 Å². The molecule has 0 atom stereocenters. The molecule has 19 heavy (non-hydrogen) atoms. The van der Waals surface area contributed by atoms with Gasteiger partial charge in [-0.2, -0.15) is 5.10 Å². The molecule has 0 aliphatic carbocycles. The second-order valence-electron chi connectivity index (χ2n) is 4.86. The Morgan fingerprint density at radius 2 is 2.32 bits per heavy atom. The summed E-state index contributed by atoms with van der Waals surface area (Å²) < 4.78 is 12.3. The predicted octanol–water partition coefficient (Wildman–Crippen LogP) is 0.597. The number of hydrogen-bond acceptors (Lipinski definition) is 4. The van der Waals surface area contributed by atoms with Crippen molar-refractivity contribution in [2.24, 2.45) is 11.7 Å². The number of amides is 1. The molecule has 6 heteroatoms. The van der Waals surface area contributed by atoms with Crippen LogP contribution in [0.25, 0.3) is 0 Å². The number of carbonyl (C=O) groups excluding carboxylic acids is 1. The number of ether oxygens (including phenoxy) is 2. The molecule has 0 bridgehead atoms. The second-order valence-corrected chi connectivity index (χ2v) is 4.86. The molecule has 0 aromatic carbocycles. The summed E-state index contributed by atoms with van der Waals surface area (Å²) in [6, 6.07) is 1.80. The van der Waals surface area contributed by atoms with Gasteiger partial charge < -0.3 is 15.2 Å². The van der Waals surface area contributed by atoms with E-state index in [1.54, 1.807) is 13.2 Å². The lowest BCUT2D eigenvalue weighted by Crippen LogP contribution is -2.20. The van der Waals surface area contributed by atoms with Crippen LogP contribution in [0.15, 0.2) is 6.07 Å². The molecule has 106 valence electrons. The summed E-state index contributed by atoms with van der Waals surface area (Å²) in [5.41, 5.74) is 6.68. The summed E-state index contributed by atoms with van der Waals surface area (Å²) in [7, 11) is 1.65. The molecule has 0 unspecified atom stereocenters. The average molecular weight is 267 g/mol. The highest BCUT2D eigenvalue weighted by molar-refractivity contribution is 5.90. The monoisotopic (exact) mass is 267 g/mol. The van der Waals surface area contributed by atoms with Gasteiger partial charge in [0.2, 0.25) is 0 Å². The molecule has 2 N–H and O–H groups in total. The molecule has 1 aliphatic heterocycles. The highest BCUT2D eigenvalue weighted by atomic mass is 16.5. The molecular weight excluding hydrogens is 246 g/mol. The van der Waals surface area contributed by atoms with Crippen molar-refractivity contribution in [3.63, 3.8) is 0 Å². The third kappa shape index (κ3) is 3.78. The first-order valence-electron chi connectivity index (χ1n) is 6.64. The Hall–Kier alpha value is -1.40. The zero-order valence-electron chi connectivity index (χ0n) is 11.3. The topological polar surface area (TPSA) is 79.4 Å². The highest BCUT2D eigenvalue weighted by Gasteiger charge is 2.18. The summed E-state index contributed by atoms with van der Waals surface area (Å²) in [5.74, 6) is 0.108. The standard InChI is InChI=1S/C13H21N3O3/c1-18-7-4-16-11(9-12(15-16)13(14)17)8-10-2-5-19-6-3-10/h9-10H,2-8H2,1H3,(H2,14,17). The third-order valence-electron chi connectivity index (χ3n) is 3.46. The SMILES string of the molecule is COCCn1nc(C(N)=O)cc1CC1CCOCC1. The van der Waals surface area contributed by atoms with Crippen molar-refractivity contribution in [2.75, 3.05) is 26.9 Å². The molecule has 0 radical (unpaired) electrons. The van der Waals surface area contributed by atoms with Crippen molar-refractivity contribution in [1.29, 1.82) is 0 Å².